The van der Waals surface area contributed by atoms with E-state index in [-0.39, 0.29) is 5.69 Å². The third kappa shape index (κ3) is 6.51. The van der Waals surface area contributed by atoms with E-state index in [0.717, 1.165) is 72.1 Å². The number of rotatable bonds is 7. The second-order valence-electron chi connectivity index (χ2n) is 11.2. The topological polar surface area (TPSA) is 65.8 Å². The Morgan fingerprint density at radius 1 is 0.932 bits per heavy atom. The van der Waals surface area contributed by atoms with Crippen molar-refractivity contribution in [2.75, 3.05) is 38.5 Å². The standard InChI is InChI=1S/C34H33F3N6O/c1-3-24-7-8-27(18-31(24)26-6-4-5-25(17-26)28-20-38-32-9-10-39-43(32)22-28)33(44)40-30-16-23(15-29(19-30)34(35,36)37)21-42-13-11-41(2)12-14-42/h4-10,15-20,22H,3,11-14,21H2,1-2H3,(H,40,44). The Morgan fingerprint density at radius 2 is 1.73 bits per heavy atom. The van der Waals surface area contributed by atoms with Crippen LogP contribution in [0, 0.1) is 0 Å². The van der Waals surface area contributed by atoms with Gasteiger partial charge in [-0.2, -0.15) is 18.3 Å². The van der Waals surface area contributed by atoms with Crippen molar-refractivity contribution in [1.82, 2.24) is 24.4 Å². The molecule has 3 heterocycles. The smallest absolute Gasteiger partial charge is 0.322 e. The van der Waals surface area contributed by atoms with Crippen molar-refractivity contribution in [3.63, 3.8) is 0 Å². The predicted octanol–water partition coefficient (Wildman–Crippen LogP) is 6.64. The van der Waals surface area contributed by atoms with Gasteiger partial charge in [0.2, 0.25) is 0 Å². The van der Waals surface area contributed by atoms with E-state index >= 15 is 0 Å². The molecule has 1 aliphatic rings. The zero-order valence-corrected chi connectivity index (χ0v) is 24.6. The van der Waals surface area contributed by atoms with Crippen LogP contribution in [0.4, 0.5) is 18.9 Å². The first-order valence-corrected chi connectivity index (χ1v) is 14.6. The Hall–Kier alpha value is -4.54. The number of nitrogens with zero attached hydrogens (tertiary/aromatic N) is 5. The molecule has 6 rings (SSSR count). The summed E-state index contributed by atoms with van der Waals surface area (Å²) in [5.41, 5.74) is 5.67. The summed E-state index contributed by atoms with van der Waals surface area (Å²) in [5, 5.41) is 7.02. The maximum absolute atomic E-state index is 13.8. The van der Waals surface area contributed by atoms with Gasteiger partial charge in [-0.15, -0.1) is 0 Å². The Bertz CT molecular complexity index is 1810. The number of nitrogens with one attached hydrogen (secondary N) is 1. The molecule has 1 saturated heterocycles. The molecular formula is C34H33F3N6O. The lowest BCUT2D eigenvalue weighted by molar-refractivity contribution is -0.137. The number of hydrogen-bond acceptors (Lipinski definition) is 5. The molecular weight excluding hydrogens is 565 g/mol. The monoisotopic (exact) mass is 598 g/mol. The zero-order valence-electron chi connectivity index (χ0n) is 24.6. The molecule has 0 bridgehead atoms. The van der Waals surface area contributed by atoms with Crippen LogP contribution >= 0.6 is 0 Å². The highest BCUT2D eigenvalue weighted by Gasteiger charge is 2.31. The van der Waals surface area contributed by atoms with E-state index in [1.807, 2.05) is 56.6 Å². The number of piperazine rings is 1. The summed E-state index contributed by atoms with van der Waals surface area (Å²) in [6.45, 7) is 5.70. The molecule has 0 aliphatic carbocycles. The fraction of sp³-hybridized carbons (Fsp3) is 0.265. The molecule has 1 aliphatic heterocycles. The average molecular weight is 599 g/mol. The van der Waals surface area contributed by atoms with E-state index < -0.39 is 17.6 Å². The zero-order chi connectivity index (χ0) is 30.8. The lowest BCUT2D eigenvalue weighted by atomic mass is 9.93. The van der Waals surface area contributed by atoms with Crippen molar-refractivity contribution < 1.29 is 18.0 Å². The number of likely N-dealkylation sites (N-methyl/N-ethyl adjacent to an activating group) is 1. The van der Waals surface area contributed by atoms with Gasteiger partial charge >= 0.3 is 6.18 Å². The molecule has 1 amide bonds. The van der Waals surface area contributed by atoms with Crippen LogP contribution in [0.15, 0.2) is 85.3 Å². The number of carbonyl (C=O) groups excluding carboxylic acids is 1. The molecule has 0 radical (unpaired) electrons. The van der Waals surface area contributed by atoms with Gasteiger partial charge in [-0.1, -0.05) is 31.2 Å². The summed E-state index contributed by atoms with van der Waals surface area (Å²) in [5.74, 6) is -0.469. The third-order valence-electron chi connectivity index (χ3n) is 8.09. The molecule has 0 unspecified atom stereocenters. The SMILES string of the molecule is CCc1ccc(C(=O)Nc2cc(CN3CCN(C)CC3)cc(C(F)(F)F)c2)cc1-c1cccc(-c2cnc3ccnn3c2)c1. The fourth-order valence-corrected chi connectivity index (χ4v) is 5.61. The Kier molecular flexibility index (Phi) is 8.20. The predicted molar refractivity (Wildman–Crippen MR) is 165 cm³/mol. The van der Waals surface area contributed by atoms with Crippen LogP contribution in [0.3, 0.4) is 0 Å². The number of carbonyl (C=O) groups is 1. The Morgan fingerprint density at radius 3 is 2.50 bits per heavy atom. The van der Waals surface area contributed by atoms with Crippen LogP contribution in [-0.2, 0) is 19.1 Å². The van der Waals surface area contributed by atoms with E-state index in [0.29, 0.717) is 17.7 Å². The molecule has 5 aromatic rings. The highest BCUT2D eigenvalue weighted by molar-refractivity contribution is 6.05. The number of alkyl halides is 3. The molecule has 2 aromatic heterocycles. The lowest BCUT2D eigenvalue weighted by Crippen LogP contribution is -2.43. The highest BCUT2D eigenvalue weighted by Crippen LogP contribution is 2.33. The van der Waals surface area contributed by atoms with Crippen molar-refractivity contribution >= 4 is 17.2 Å². The summed E-state index contributed by atoms with van der Waals surface area (Å²) in [6.07, 6.45) is 1.62. The van der Waals surface area contributed by atoms with Crippen LogP contribution in [0.1, 0.15) is 34.0 Å². The van der Waals surface area contributed by atoms with Crippen molar-refractivity contribution in [3.8, 4) is 22.3 Å². The summed E-state index contributed by atoms with van der Waals surface area (Å²) < 4.78 is 43.2. The van der Waals surface area contributed by atoms with Gasteiger partial charge in [0.25, 0.3) is 5.91 Å². The van der Waals surface area contributed by atoms with Gasteiger partial charge in [0.05, 0.1) is 11.8 Å². The number of aromatic nitrogens is 3. The minimum absolute atomic E-state index is 0.124. The normalized spacial score (nSPS) is 14.7. The number of fused-ring (bicyclic) bond motifs is 1. The highest BCUT2D eigenvalue weighted by atomic mass is 19.4. The van der Waals surface area contributed by atoms with Crippen LogP contribution in [0.2, 0.25) is 0 Å². The van der Waals surface area contributed by atoms with Crippen LogP contribution in [0.5, 0.6) is 0 Å². The number of benzene rings is 3. The molecule has 1 N–H and O–H groups in total. The second kappa shape index (κ2) is 12.2. The maximum Gasteiger partial charge on any atom is 0.416 e. The Balaban J connectivity index is 1.28. The molecule has 0 atom stereocenters. The van der Waals surface area contributed by atoms with Crippen LogP contribution in [-0.4, -0.2) is 63.5 Å². The first-order valence-electron chi connectivity index (χ1n) is 14.6. The van der Waals surface area contributed by atoms with Gasteiger partial charge in [0, 0.05) is 68.0 Å². The largest absolute Gasteiger partial charge is 0.416 e. The van der Waals surface area contributed by atoms with Gasteiger partial charge in [-0.25, -0.2) is 9.50 Å². The van der Waals surface area contributed by atoms with Gasteiger partial charge in [-0.3, -0.25) is 9.69 Å². The molecule has 44 heavy (non-hydrogen) atoms. The molecule has 1 fully saturated rings. The number of amides is 1. The first-order chi connectivity index (χ1) is 21.2. The second-order valence-corrected chi connectivity index (χ2v) is 11.2. The lowest BCUT2D eigenvalue weighted by Gasteiger charge is -2.32. The maximum atomic E-state index is 13.8. The average Bonchev–Trinajstić information content (AvgIpc) is 3.49. The summed E-state index contributed by atoms with van der Waals surface area (Å²) in [7, 11) is 2.03. The molecule has 3 aromatic carbocycles. The molecule has 0 saturated carbocycles. The number of anilines is 1. The van der Waals surface area contributed by atoms with Gasteiger partial charge in [-0.05, 0) is 77.7 Å². The van der Waals surface area contributed by atoms with E-state index in [1.54, 1.807) is 35.1 Å². The Labute approximate surface area is 253 Å². The minimum Gasteiger partial charge on any atom is -0.322 e. The van der Waals surface area contributed by atoms with Crippen molar-refractivity contribution in [2.24, 2.45) is 0 Å². The molecule has 10 heteroatoms. The van der Waals surface area contributed by atoms with Crippen LogP contribution < -0.4 is 5.32 Å². The van der Waals surface area contributed by atoms with Crippen molar-refractivity contribution in [1.29, 1.82) is 0 Å². The molecule has 226 valence electrons. The quantitative estimate of drug-likeness (QED) is 0.228. The van der Waals surface area contributed by atoms with E-state index in [2.05, 4.69) is 25.2 Å². The van der Waals surface area contributed by atoms with E-state index in [4.69, 9.17) is 0 Å². The number of hydrogen-bond donors (Lipinski definition) is 1. The molecule has 7 nitrogen and oxygen atoms in total. The first kappa shape index (κ1) is 29.5. The van der Waals surface area contributed by atoms with Crippen molar-refractivity contribution in [2.45, 2.75) is 26.1 Å². The van der Waals surface area contributed by atoms with Crippen molar-refractivity contribution in [3.05, 3.63) is 108 Å². The van der Waals surface area contributed by atoms with Gasteiger partial charge in [0.1, 0.15) is 0 Å². The van der Waals surface area contributed by atoms with E-state index in [9.17, 15) is 18.0 Å². The van der Waals surface area contributed by atoms with Gasteiger partial charge < -0.3 is 10.2 Å². The fourth-order valence-electron chi connectivity index (χ4n) is 5.61. The summed E-state index contributed by atoms with van der Waals surface area (Å²) in [6, 6.07) is 19.0. The number of halogens is 3. The van der Waals surface area contributed by atoms with E-state index in [1.165, 1.54) is 6.07 Å². The van der Waals surface area contributed by atoms with Gasteiger partial charge in [0.15, 0.2) is 5.65 Å². The van der Waals surface area contributed by atoms with Crippen LogP contribution in [0.25, 0.3) is 27.9 Å². The molecule has 0 spiro atoms. The summed E-state index contributed by atoms with van der Waals surface area (Å²) >= 11 is 0. The number of aryl methyl sites for hydroxylation is 1. The summed E-state index contributed by atoms with van der Waals surface area (Å²) in [4.78, 5) is 22.3. The third-order valence-corrected chi connectivity index (χ3v) is 8.09. The minimum atomic E-state index is -4.53.